The average molecular weight is 544 g/mol. The molecule has 0 bridgehead atoms. The molecule has 2 saturated heterocycles. The monoisotopic (exact) mass is 544 g/mol. The van der Waals surface area contributed by atoms with Crippen LogP contribution in [0.1, 0.15) is 27.7 Å². The van der Waals surface area contributed by atoms with Crippen LogP contribution in [0.2, 0.25) is 0 Å². The molecule has 0 spiro atoms. The fourth-order valence-corrected chi connectivity index (χ4v) is 3.75. The maximum atomic E-state index is 11.7. The van der Waals surface area contributed by atoms with E-state index in [2.05, 4.69) is 22.6 Å². The molecule has 0 N–H and O–H groups in total. The summed E-state index contributed by atoms with van der Waals surface area (Å²) < 4.78 is 38.7. The molecule has 12 heteroatoms. The Labute approximate surface area is 187 Å². The SMILES string of the molecule is CC(=O)OC[C@H]1O[C@@H](OC[C@@H]2O[C@@H]2CI)[C@H](OC(C)=O)[C@@H](OC(C)=O)[C@@H]1OC(C)=O. The first-order valence-electron chi connectivity index (χ1n) is 9.25. The van der Waals surface area contributed by atoms with Gasteiger partial charge in [0.25, 0.3) is 0 Å². The van der Waals surface area contributed by atoms with Crippen molar-refractivity contribution in [2.24, 2.45) is 0 Å². The minimum atomic E-state index is -1.24. The Morgan fingerprint density at radius 3 is 1.77 bits per heavy atom. The van der Waals surface area contributed by atoms with Crippen LogP contribution in [-0.2, 0) is 52.3 Å². The molecule has 7 atom stereocenters. The number of halogens is 1. The molecular formula is C18H25IO11. The number of ether oxygens (including phenoxy) is 7. The van der Waals surface area contributed by atoms with Crippen molar-refractivity contribution < 1.29 is 52.3 Å². The molecule has 0 aromatic carbocycles. The van der Waals surface area contributed by atoms with Crippen LogP contribution in [0.15, 0.2) is 0 Å². The van der Waals surface area contributed by atoms with Crippen LogP contribution in [0.4, 0.5) is 0 Å². The summed E-state index contributed by atoms with van der Waals surface area (Å²) in [7, 11) is 0. The fourth-order valence-electron chi connectivity index (χ4n) is 2.97. The van der Waals surface area contributed by atoms with E-state index in [1.807, 2.05) is 0 Å². The smallest absolute Gasteiger partial charge is 0.303 e. The Kier molecular flexibility index (Phi) is 9.25. The number of carbonyl (C=O) groups excluding carboxylic acids is 4. The van der Waals surface area contributed by atoms with Gasteiger partial charge in [0.05, 0.1) is 12.7 Å². The number of alkyl halides is 1. The third kappa shape index (κ3) is 7.32. The van der Waals surface area contributed by atoms with Crippen molar-refractivity contribution in [3.05, 3.63) is 0 Å². The highest BCUT2D eigenvalue weighted by molar-refractivity contribution is 14.1. The van der Waals surface area contributed by atoms with Crippen LogP contribution >= 0.6 is 22.6 Å². The van der Waals surface area contributed by atoms with Crippen molar-refractivity contribution in [3.63, 3.8) is 0 Å². The molecule has 2 fully saturated rings. The molecule has 30 heavy (non-hydrogen) atoms. The van der Waals surface area contributed by atoms with E-state index >= 15 is 0 Å². The number of hydrogen-bond donors (Lipinski definition) is 0. The summed E-state index contributed by atoms with van der Waals surface area (Å²) in [4.78, 5) is 46.3. The number of esters is 4. The highest BCUT2D eigenvalue weighted by Gasteiger charge is 2.53. The van der Waals surface area contributed by atoms with Crippen LogP contribution < -0.4 is 0 Å². The zero-order valence-electron chi connectivity index (χ0n) is 17.0. The van der Waals surface area contributed by atoms with Crippen molar-refractivity contribution in [3.8, 4) is 0 Å². The molecule has 0 radical (unpaired) electrons. The zero-order valence-corrected chi connectivity index (χ0v) is 19.2. The van der Waals surface area contributed by atoms with Gasteiger partial charge >= 0.3 is 23.9 Å². The van der Waals surface area contributed by atoms with Gasteiger partial charge in [-0.1, -0.05) is 22.6 Å². The van der Waals surface area contributed by atoms with E-state index in [4.69, 9.17) is 33.2 Å². The highest BCUT2D eigenvalue weighted by Crippen LogP contribution is 2.31. The molecule has 0 aromatic heterocycles. The lowest BCUT2D eigenvalue weighted by atomic mass is 9.98. The van der Waals surface area contributed by atoms with Crippen LogP contribution in [-0.4, -0.2) is 84.4 Å². The lowest BCUT2D eigenvalue weighted by molar-refractivity contribution is -0.308. The number of rotatable bonds is 9. The Morgan fingerprint density at radius 2 is 1.27 bits per heavy atom. The van der Waals surface area contributed by atoms with Crippen LogP contribution in [0.25, 0.3) is 0 Å². The van der Waals surface area contributed by atoms with Gasteiger partial charge in [0.15, 0.2) is 24.6 Å². The Bertz CT molecular complexity index is 654. The first-order chi connectivity index (χ1) is 14.1. The number of hydrogen-bond acceptors (Lipinski definition) is 11. The molecule has 2 aliphatic heterocycles. The van der Waals surface area contributed by atoms with Crippen molar-refractivity contribution >= 4 is 46.5 Å². The van der Waals surface area contributed by atoms with E-state index < -0.39 is 54.6 Å². The Hall–Kier alpha value is -1.51. The van der Waals surface area contributed by atoms with Crippen LogP contribution in [0.5, 0.6) is 0 Å². The molecule has 0 amide bonds. The molecule has 11 nitrogen and oxygen atoms in total. The van der Waals surface area contributed by atoms with Gasteiger partial charge in [0, 0.05) is 32.1 Å². The van der Waals surface area contributed by atoms with Crippen LogP contribution in [0, 0.1) is 0 Å². The van der Waals surface area contributed by atoms with E-state index in [-0.39, 0.29) is 25.4 Å². The summed E-state index contributed by atoms with van der Waals surface area (Å²) in [5.74, 6) is -2.65. The molecular weight excluding hydrogens is 519 g/mol. The molecule has 0 aromatic rings. The normalized spacial score (nSPS) is 32.6. The maximum absolute atomic E-state index is 11.7. The van der Waals surface area contributed by atoms with Gasteiger partial charge in [-0.25, -0.2) is 0 Å². The molecule has 2 heterocycles. The summed E-state index contributed by atoms with van der Waals surface area (Å²) >= 11 is 2.18. The van der Waals surface area contributed by atoms with Crippen molar-refractivity contribution in [1.82, 2.24) is 0 Å². The summed E-state index contributed by atoms with van der Waals surface area (Å²) in [6.07, 6.45) is -5.96. The molecule has 2 rings (SSSR count). The number of epoxide rings is 1. The molecule has 0 aliphatic carbocycles. The lowest BCUT2D eigenvalue weighted by Crippen LogP contribution is -2.63. The van der Waals surface area contributed by atoms with E-state index in [1.165, 1.54) is 13.8 Å². The van der Waals surface area contributed by atoms with Crippen LogP contribution in [0.3, 0.4) is 0 Å². The highest BCUT2D eigenvalue weighted by atomic mass is 127. The van der Waals surface area contributed by atoms with Crippen molar-refractivity contribution in [1.29, 1.82) is 0 Å². The minimum absolute atomic E-state index is 0.0521. The average Bonchev–Trinajstić information content (AvgIpc) is 3.40. The predicted molar refractivity (Wildman–Crippen MR) is 105 cm³/mol. The lowest BCUT2D eigenvalue weighted by Gasteiger charge is -2.44. The largest absolute Gasteiger partial charge is 0.463 e. The quantitative estimate of drug-likeness (QED) is 0.130. The fraction of sp³-hybridized carbons (Fsp3) is 0.778. The zero-order chi connectivity index (χ0) is 22.4. The van der Waals surface area contributed by atoms with Crippen molar-refractivity contribution in [2.75, 3.05) is 17.6 Å². The van der Waals surface area contributed by atoms with Gasteiger partial charge in [-0.05, 0) is 0 Å². The van der Waals surface area contributed by atoms with Gasteiger partial charge < -0.3 is 33.2 Å². The first kappa shape index (κ1) is 24.8. The molecule has 0 saturated carbocycles. The third-order valence-electron chi connectivity index (χ3n) is 4.21. The topological polar surface area (TPSA) is 136 Å². The molecule has 0 unspecified atom stereocenters. The standard InChI is InChI=1S/C18H25IO11/c1-8(20)24-7-14-15(26-9(2)21)16(27-10(3)22)17(28-11(4)23)18(30-14)25-6-13-12(5-19)29-13/h12-18H,5-7H2,1-4H3/t12-,13+,14-,15-,16+,17-,18-/m1/s1. The van der Waals surface area contributed by atoms with Gasteiger partial charge in [-0.2, -0.15) is 0 Å². The summed E-state index contributed by atoms with van der Waals surface area (Å²) in [6, 6.07) is 0. The van der Waals surface area contributed by atoms with Gasteiger partial charge in [-0.15, -0.1) is 0 Å². The summed E-state index contributed by atoms with van der Waals surface area (Å²) in [5, 5.41) is 0. The Morgan fingerprint density at radius 1 is 0.700 bits per heavy atom. The molecule has 170 valence electrons. The Balaban J connectivity index is 2.27. The van der Waals surface area contributed by atoms with E-state index in [9.17, 15) is 19.2 Å². The maximum Gasteiger partial charge on any atom is 0.303 e. The number of carbonyl (C=O) groups is 4. The first-order valence-corrected chi connectivity index (χ1v) is 10.8. The van der Waals surface area contributed by atoms with Gasteiger partial charge in [-0.3, -0.25) is 19.2 Å². The third-order valence-corrected chi connectivity index (χ3v) is 5.08. The second-order valence-corrected chi connectivity index (χ2v) is 7.65. The summed E-state index contributed by atoms with van der Waals surface area (Å²) in [6.45, 7) is 4.54. The summed E-state index contributed by atoms with van der Waals surface area (Å²) in [5.41, 5.74) is 0. The minimum Gasteiger partial charge on any atom is -0.463 e. The predicted octanol–water partition coefficient (Wildman–Crippen LogP) is 0.289. The van der Waals surface area contributed by atoms with Gasteiger partial charge in [0.2, 0.25) is 0 Å². The second-order valence-electron chi connectivity index (χ2n) is 6.77. The molecule has 2 aliphatic rings. The van der Waals surface area contributed by atoms with Gasteiger partial charge in [0.1, 0.15) is 18.8 Å². The van der Waals surface area contributed by atoms with Crippen molar-refractivity contribution in [2.45, 2.75) is 70.6 Å². The van der Waals surface area contributed by atoms with E-state index in [0.717, 1.165) is 18.3 Å². The van der Waals surface area contributed by atoms with E-state index in [1.54, 1.807) is 0 Å². The van der Waals surface area contributed by atoms with E-state index in [0.29, 0.717) is 0 Å². The second kappa shape index (κ2) is 11.2.